The van der Waals surface area contributed by atoms with Gasteiger partial charge in [-0.15, -0.1) is 0 Å². The fourth-order valence-electron chi connectivity index (χ4n) is 1.29. The summed E-state index contributed by atoms with van der Waals surface area (Å²) in [5, 5.41) is 3.02. The van der Waals surface area contributed by atoms with E-state index in [0.29, 0.717) is 11.3 Å². The van der Waals surface area contributed by atoms with Crippen LogP contribution in [0.25, 0.3) is 0 Å². The number of nitrogens with one attached hydrogen (secondary N) is 1. The molecular weight excluding hydrogens is 154 g/mol. The fraction of sp³-hybridized carbons (Fsp3) is 0.556. The number of hydrogen-bond acceptors (Lipinski definition) is 3. The van der Waals surface area contributed by atoms with E-state index in [1.54, 1.807) is 6.92 Å². The van der Waals surface area contributed by atoms with Crippen molar-refractivity contribution in [3.05, 3.63) is 26.0 Å². The monoisotopic (exact) mass is 165 g/mol. The molecule has 0 aliphatic heterocycles. The molecule has 1 aromatic rings. The van der Waals surface area contributed by atoms with Crippen molar-refractivity contribution in [1.29, 1.82) is 0 Å². The highest BCUT2D eigenvalue weighted by Gasteiger charge is 2.23. The van der Waals surface area contributed by atoms with E-state index in [0.717, 1.165) is 12.5 Å². The maximum atomic E-state index is 10.9. The molecule has 0 atom stereocenters. The topological polar surface area (TPSA) is 46.2 Å². The minimum absolute atomic E-state index is 0.326. The summed E-state index contributed by atoms with van der Waals surface area (Å²) in [4.78, 5) is 21.7. The van der Waals surface area contributed by atoms with E-state index < -0.39 is 0 Å². The van der Waals surface area contributed by atoms with Crippen LogP contribution in [0.1, 0.15) is 18.4 Å². The van der Waals surface area contributed by atoms with E-state index >= 15 is 0 Å². The van der Waals surface area contributed by atoms with E-state index in [9.17, 15) is 9.59 Å². The molecular formula is C9H11NO2. The molecule has 3 nitrogen and oxygen atoms in total. The SMILES string of the molecule is Cc1c(NCC2CC2)c(=O)c1=O. The number of rotatable bonds is 3. The van der Waals surface area contributed by atoms with Crippen LogP contribution in [-0.4, -0.2) is 6.54 Å². The number of anilines is 1. The maximum absolute atomic E-state index is 10.9. The van der Waals surface area contributed by atoms with Crippen molar-refractivity contribution in [2.24, 2.45) is 5.92 Å². The molecule has 2 rings (SSSR count). The lowest BCUT2D eigenvalue weighted by atomic mass is 10.1. The van der Waals surface area contributed by atoms with Crippen molar-refractivity contribution in [2.75, 3.05) is 11.9 Å². The second-order valence-electron chi connectivity index (χ2n) is 3.48. The molecule has 1 fully saturated rings. The van der Waals surface area contributed by atoms with Crippen LogP contribution >= 0.6 is 0 Å². The van der Waals surface area contributed by atoms with Crippen LogP contribution in [0, 0.1) is 12.8 Å². The van der Waals surface area contributed by atoms with Crippen molar-refractivity contribution in [2.45, 2.75) is 19.8 Å². The summed E-state index contributed by atoms with van der Waals surface area (Å²) in [6, 6.07) is 0. The summed E-state index contributed by atoms with van der Waals surface area (Å²) in [6.45, 7) is 2.55. The summed E-state index contributed by atoms with van der Waals surface area (Å²) in [7, 11) is 0. The molecule has 0 aromatic heterocycles. The Morgan fingerprint density at radius 3 is 2.50 bits per heavy atom. The quantitative estimate of drug-likeness (QED) is 0.660. The zero-order chi connectivity index (χ0) is 8.72. The first-order valence-electron chi connectivity index (χ1n) is 4.24. The molecule has 0 saturated heterocycles. The van der Waals surface area contributed by atoms with Gasteiger partial charge in [0.15, 0.2) is 0 Å². The molecule has 1 saturated carbocycles. The van der Waals surface area contributed by atoms with Crippen molar-refractivity contribution in [3.63, 3.8) is 0 Å². The van der Waals surface area contributed by atoms with Crippen LogP contribution in [0.2, 0.25) is 0 Å². The molecule has 0 heterocycles. The van der Waals surface area contributed by atoms with Gasteiger partial charge in [-0.2, -0.15) is 0 Å². The fourth-order valence-corrected chi connectivity index (χ4v) is 1.29. The largest absolute Gasteiger partial charge is 0.381 e. The van der Waals surface area contributed by atoms with Crippen molar-refractivity contribution < 1.29 is 0 Å². The van der Waals surface area contributed by atoms with E-state index in [-0.39, 0.29) is 10.9 Å². The van der Waals surface area contributed by atoms with Gasteiger partial charge in [-0.25, -0.2) is 0 Å². The molecule has 0 amide bonds. The average Bonchev–Trinajstić information content (AvgIpc) is 2.87. The van der Waals surface area contributed by atoms with Gasteiger partial charge in [0.05, 0.1) is 5.69 Å². The predicted octanol–water partition coefficient (Wildman–Crippen LogP) is 0.413. The molecule has 12 heavy (non-hydrogen) atoms. The molecule has 1 aliphatic rings. The first-order chi connectivity index (χ1) is 5.70. The Morgan fingerprint density at radius 1 is 1.33 bits per heavy atom. The van der Waals surface area contributed by atoms with Gasteiger partial charge in [0.1, 0.15) is 0 Å². The lowest BCUT2D eigenvalue weighted by molar-refractivity contribution is 0.883. The lowest BCUT2D eigenvalue weighted by Crippen LogP contribution is -2.37. The highest BCUT2D eigenvalue weighted by atomic mass is 16.2. The van der Waals surface area contributed by atoms with E-state index in [1.165, 1.54) is 12.8 Å². The van der Waals surface area contributed by atoms with Gasteiger partial charge >= 0.3 is 0 Å². The lowest BCUT2D eigenvalue weighted by Gasteiger charge is -2.08. The Bertz CT molecular complexity index is 370. The molecule has 0 radical (unpaired) electrons. The summed E-state index contributed by atoms with van der Waals surface area (Å²) >= 11 is 0. The summed E-state index contributed by atoms with van der Waals surface area (Å²) in [6.07, 6.45) is 2.50. The maximum Gasteiger partial charge on any atom is 0.249 e. The molecule has 1 N–H and O–H groups in total. The summed E-state index contributed by atoms with van der Waals surface area (Å²) in [5.74, 6) is 0.730. The van der Waals surface area contributed by atoms with E-state index in [4.69, 9.17) is 0 Å². The van der Waals surface area contributed by atoms with Crippen LogP contribution < -0.4 is 16.2 Å². The average molecular weight is 165 g/mol. The second kappa shape index (κ2) is 2.44. The normalized spacial score (nSPS) is 16.8. The Morgan fingerprint density at radius 2 is 2.00 bits per heavy atom. The minimum atomic E-state index is -0.340. The van der Waals surface area contributed by atoms with Gasteiger partial charge in [-0.05, 0) is 25.7 Å². The summed E-state index contributed by atoms with van der Waals surface area (Å²) in [5.41, 5.74) is 0.481. The van der Waals surface area contributed by atoms with Gasteiger partial charge in [0.25, 0.3) is 0 Å². The third kappa shape index (κ3) is 1.05. The predicted molar refractivity (Wildman–Crippen MR) is 47.3 cm³/mol. The number of hydrogen-bond donors (Lipinski definition) is 1. The molecule has 1 aliphatic carbocycles. The first kappa shape index (κ1) is 7.53. The third-order valence-electron chi connectivity index (χ3n) is 2.41. The van der Waals surface area contributed by atoms with Crippen molar-refractivity contribution in [1.82, 2.24) is 0 Å². The van der Waals surface area contributed by atoms with Gasteiger partial charge in [-0.1, -0.05) is 0 Å². The van der Waals surface area contributed by atoms with E-state index in [2.05, 4.69) is 5.32 Å². The van der Waals surface area contributed by atoms with Crippen molar-refractivity contribution in [3.8, 4) is 0 Å². The Kier molecular flexibility index (Phi) is 1.53. The Hall–Kier alpha value is -1.12. The molecule has 0 bridgehead atoms. The zero-order valence-corrected chi connectivity index (χ0v) is 7.02. The smallest absolute Gasteiger partial charge is 0.249 e. The zero-order valence-electron chi connectivity index (χ0n) is 7.02. The highest BCUT2D eigenvalue weighted by molar-refractivity contribution is 5.55. The molecule has 0 spiro atoms. The van der Waals surface area contributed by atoms with Crippen LogP contribution in [0.15, 0.2) is 9.59 Å². The standard InChI is InChI=1S/C9H11NO2/c1-5-7(9(12)8(5)11)10-4-6-2-3-6/h6,10H,2-4H2,1H3. The summed E-state index contributed by atoms with van der Waals surface area (Å²) < 4.78 is 0. The highest BCUT2D eigenvalue weighted by Crippen LogP contribution is 2.28. The van der Waals surface area contributed by atoms with Crippen LogP contribution in [0.5, 0.6) is 0 Å². The molecule has 0 unspecified atom stereocenters. The molecule has 3 heteroatoms. The van der Waals surface area contributed by atoms with Crippen molar-refractivity contribution >= 4 is 5.69 Å². The van der Waals surface area contributed by atoms with Gasteiger partial charge < -0.3 is 5.32 Å². The van der Waals surface area contributed by atoms with Crippen LogP contribution in [0.3, 0.4) is 0 Å². The first-order valence-corrected chi connectivity index (χ1v) is 4.24. The third-order valence-corrected chi connectivity index (χ3v) is 2.41. The van der Waals surface area contributed by atoms with Crippen LogP contribution in [-0.2, 0) is 0 Å². The Balaban J connectivity index is 2.03. The van der Waals surface area contributed by atoms with E-state index in [1.807, 2.05) is 0 Å². The van der Waals surface area contributed by atoms with Gasteiger partial charge in [-0.3, -0.25) is 9.59 Å². The van der Waals surface area contributed by atoms with Gasteiger partial charge in [0, 0.05) is 12.1 Å². The van der Waals surface area contributed by atoms with Crippen LogP contribution in [0.4, 0.5) is 5.69 Å². The molecule has 1 aromatic carbocycles. The molecule has 64 valence electrons. The Labute approximate surface area is 70.1 Å². The van der Waals surface area contributed by atoms with Gasteiger partial charge in [0.2, 0.25) is 10.9 Å². The minimum Gasteiger partial charge on any atom is -0.381 e. The second-order valence-corrected chi connectivity index (χ2v) is 3.48.